The molecule has 0 saturated carbocycles. The monoisotopic (exact) mass is 678 g/mol. The number of carbonyl (C=O) groups excluding carboxylic acids is 1. The first-order valence-electron chi connectivity index (χ1n) is 13.5. The van der Waals surface area contributed by atoms with Gasteiger partial charge in [0.25, 0.3) is 10.0 Å². The number of aromatic carboxylic acids is 1. The molecule has 1 unspecified atom stereocenters. The summed E-state index contributed by atoms with van der Waals surface area (Å²) < 4.78 is 38.9. The minimum absolute atomic E-state index is 0.0196. The number of carbonyl (C=O) groups is 2. The summed E-state index contributed by atoms with van der Waals surface area (Å²) in [6.45, 7) is 1.90. The number of azo groups is 1. The molecule has 1 atom stereocenters. The number of nitrogens with zero attached hydrogens (tertiary/aromatic N) is 3. The summed E-state index contributed by atoms with van der Waals surface area (Å²) in [4.78, 5) is 42.1. The topological polar surface area (TPSA) is 178 Å². The van der Waals surface area contributed by atoms with Crippen LogP contribution in [0.15, 0.2) is 120 Å². The lowest BCUT2D eigenvalue weighted by molar-refractivity contribution is 0.0685. The van der Waals surface area contributed by atoms with Crippen LogP contribution in [0.4, 0.5) is 17.2 Å². The van der Waals surface area contributed by atoms with Gasteiger partial charge in [-0.2, -0.15) is 10.2 Å². The molecule has 5 rings (SSSR count). The number of hydrogen-bond donors (Lipinski definition) is 3. The van der Waals surface area contributed by atoms with Crippen molar-refractivity contribution in [3.8, 4) is 0 Å². The molecule has 2 N–H and O–H groups in total. The van der Waals surface area contributed by atoms with Crippen LogP contribution in [-0.2, 0) is 20.6 Å². The molecule has 236 valence electrons. The van der Waals surface area contributed by atoms with E-state index in [0.717, 1.165) is 11.6 Å². The number of hydrogen-bond acceptors (Lipinski definition) is 11. The number of aromatic nitrogens is 1. The fourth-order valence-electron chi connectivity index (χ4n) is 4.41. The molecule has 0 amide bonds. The van der Waals surface area contributed by atoms with E-state index >= 15 is 0 Å². The van der Waals surface area contributed by atoms with Gasteiger partial charge in [-0.3, -0.25) is 9.52 Å². The van der Waals surface area contributed by atoms with Crippen molar-refractivity contribution in [3.05, 3.63) is 118 Å². The zero-order valence-electron chi connectivity index (χ0n) is 24.3. The quantitative estimate of drug-likeness (QED) is 0.0791. The van der Waals surface area contributed by atoms with Crippen LogP contribution in [0.3, 0.4) is 0 Å². The Labute approximate surface area is 269 Å². The molecule has 0 radical (unpaired) electrons. The van der Waals surface area contributed by atoms with Gasteiger partial charge in [0.1, 0.15) is 11.4 Å². The van der Waals surface area contributed by atoms with Crippen molar-refractivity contribution in [2.45, 2.75) is 23.1 Å². The molecule has 0 spiro atoms. The van der Waals surface area contributed by atoms with Gasteiger partial charge >= 0.3 is 11.9 Å². The number of thiol groups is 1. The Hall–Kier alpha value is -4.99. The number of carboxylic acids is 1. The highest BCUT2D eigenvalue weighted by Crippen LogP contribution is 2.59. The van der Waals surface area contributed by atoms with Crippen LogP contribution in [0.2, 0.25) is 0 Å². The minimum Gasteiger partial charge on any atom is -0.478 e. The number of rotatable bonds is 10. The van der Waals surface area contributed by atoms with Gasteiger partial charge in [-0.25, -0.2) is 23.0 Å². The molecular formula is C31H26N4O8S3. The number of carboxylic acid groups (broad SMARTS) is 1. The molecule has 0 bridgehead atoms. The SMILES string of the molecule is CCc1cccc2oc(C(=O)OS(C)(S)c3ccc(N=Nc4ccc(S(=O)(=O)Nc5ccccn5)cc4)cc3C(=O)O)cc(=O)c12. The van der Waals surface area contributed by atoms with E-state index in [1.165, 1.54) is 61.0 Å². The molecule has 0 fully saturated rings. The number of nitrogens with one attached hydrogen (secondary N) is 1. The molecule has 12 nitrogen and oxygen atoms in total. The third-order valence-electron chi connectivity index (χ3n) is 6.59. The van der Waals surface area contributed by atoms with Gasteiger partial charge in [-0.1, -0.05) is 36.8 Å². The lowest BCUT2D eigenvalue weighted by atomic mass is 10.1. The smallest absolute Gasteiger partial charge is 0.385 e. The third-order valence-corrected chi connectivity index (χ3v) is 10.4. The average Bonchev–Trinajstić information content (AvgIpc) is 3.03. The zero-order valence-corrected chi connectivity index (χ0v) is 26.8. The molecule has 3 aromatic carbocycles. The van der Waals surface area contributed by atoms with Gasteiger partial charge in [-0.05, 0) is 82.0 Å². The van der Waals surface area contributed by atoms with Gasteiger partial charge in [-0.15, -0.1) is 0 Å². The van der Waals surface area contributed by atoms with Crippen LogP contribution in [0, 0.1) is 0 Å². The Morgan fingerprint density at radius 1 is 0.978 bits per heavy atom. The maximum atomic E-state index is 13.1. The van der Waals surface area contributed by atoms with E-state index in [1.54, 1.807) is 30.3 Å². The summed E-state index contributed by atoms with van der Waals surface area (Å²) in [6.07, 6.45) is 3.52. The summed E-state index contributed by atoms with van der Waals surface area (Å²) in [5.41, 5.74) is 0.841. The Balaban J connectivity index is 1.34. The average molecular weight is 679 g/mol. The Morgan fingerprint density at radius 2 is 1.70 bits per heavy atom. The lowest BCUT2D eigenvalue weighted by Crippen LogP contribution is -2.13. The highest BCUT2D eigenvalue weighted by Gasteiger charge is 2.29. The van der Waals surface area contributed by atoms with Gasteiger partial charge < -0.3 is 13.7 Å². The van der Waals surface area contributed by atoms with E-state index in [1.807, 2.05) is 6.92 Å². The Morgan fingerprint density at radius 3 is 2.37 bits per heavy atom. The van der Waals surface area contributed by atoms with Crippen LogP contribution < -0.4 is 10.2 Å². The number of anilines is 1. The third kappa shape index (κ3) is 7.11. The van der Waals surface area contributed by atoms with Crippen LogP contribution in [0.5, 0.6) is 0 Å². The van der Waals surface area contributed by atoms with Crippen molar-refractivity contribution in [3.63, 3.8) is 0 Å². The van der Waals surface area contributed by atoms with Crippen LogP contribution in [0.1, 0.15) is 33.4 Å². The van der Waals surface area contributed by atoms with E-state index < -0.39 is 36.7 Å². The number of pyridine rings is 1. The predicted octanol–water partition coefficient (Wildman–Crippen LogP) is 7.07. The van der Waals surface area contributed by atoms with Crippen LogP contribution >= 0.6 is 21.0 Å². The highest BCUT2D eigenvalue weighted by molar-refractivity contribution is 8.85. The minimum atomic E-state index is -3.88. The van der Waals surface area contributed by atoms with Crippen molar-refractivity contribution in [2.24, 2.45) is 10.2 Å². The Kier molecular flexibility index (Phi) is 9.27. The van der Waals surface area contributed by atoms with Gasteiger partial charge in [0.2, 0.25) is 5.76 Å². The molecule has 5 aromatic rings. The fourth-order valence-corrected chi connectivity index (χ4v) is 7.44. The molecule has 0 aliphatic rings. The molecular weight excluding hydrogens is 653 g/mol. The summed E-state index contributed by atoms with van der Waals surface area (Å²) in [6, 6.07) is 20.7. The number of sulfonamides is 1. The molecule has 15 heteroatoms. The predicted molar refractivity (Wildman–Crippen MR) is 177 cm³/mol. The fraction of sp³-hybridized carbons (Fsp3) is 0.0968. The first-order valence-corrected chi connectivity index (χ1v) is 18.0. The van der Waals surface area contributed by atoms with Crippen LogP contribution in [-0.4, -0.2) is 36.7 Å². The maximum Gasteiger partial charge on any atom is 0.385 e. The second kappa shape index (κ2) is 13.2. The lowest BCUT2D eigenvalue weighted by Gasteiger charge is -2.30. The summed E-state index contributed by atoms with van der Waals surface area (Å²) in [5, 5.41) is 18.5. The van der Waals surface area contributed by atoms with E-state index in [-0.39, 0.29) is 38.2 Å². The maximum absolute atomic E-state index is 13.1. The normalized spacial score (nSPS) is 13.6. The highest BCUT2D eigenvalue weighted by atomic mass is 33.1. The molecule has 2 heterocycles. The van der Waals surface area contributed by atoms with Crippen molar-refractivity contribution in [1.82, 2.24) is 4.98 Å². The van der Waals surface area contributed by atoms with E-state index in [4.69, 9.17) is 8.60 Å². The van der Waals surface area contributed by atoms with Crippen molar-refractivity contribution >= 4 is 71.1 Å². The number of benzene rings is 3. The second-order valence-corrected chi connectivity index (χ2v) is 15.8. The summed E-state index contributed by atoms with van der Waals surface area (Å²) >= 11 is 4.51. The zero-order chi connectivity index (χ0) is 33.1. The first kappa shape index (κ1) is 32.4. The van der Waals surface area contributed by atoms with E-state index in [0.29, 0.717) is 17.5 Å². The second-order valence-electron chi connectivity index (χ2n) is 9.79. The van der Waals surface area contributed by atoms with Gasteiger partial charge in [0.05, 0.1) is 27.2 Å². The van der Waals surface area contributed by atoms with Crippen molar-refractivity contribution in [2.75, 3.05) is 11.0 Å². The van der Waals surface area contributed by atoms with E-state index in [2.05, 4.69) is 31.6 Å². The number of aryl methyl sites for hydroxylation is 1. The largest absolute Gasteiger partial charge is 0.478 e. The van der Waals surface area contributed by atoms with E-state index in [9.17, 15) is 27.9 Å². The molecule has 46 heavy (non-hydrogen) atoms. The van der Waals surface area contributed by atoms with Gasteiger partial charge in [0.15, 0.2) is 5.43 Å². The van der Waals surface area contributed by atoms with Crippen molar-refractivity contribution in [1.29, 1.82) is 0 Å². The first-order chi connectivity index (χ1) is 21.9. The molecule has 0 saturated heterocycles. The molecule has 2 aromatic heterocycles. The summed E-state index contributed by atoms with van der Waals surface area (Å²) in [5.74, 6) is -2.47. The van der Waals surface area contributed by atoms with Gasteiger partial charge in [0, 0.05) is 23.4 Å². The summed E-state index contributed by atoms with van der Waals surface area (Å²) in [7, 11) is -6.71. The molecule has 0 aliphatic heterocycles. The standard InChI is InChI=1S/C31H26N4O8S3/c1-3-19-7-6-8-25-29(19)24(36)18-26(42-25)31(39)43-45(2,44)27-15-12-21(17-23(27)30(37)38)34-33-20-10-13-22(14-11-20)46(40,41)35-28-9-4-5-16-32-28/h4-18,44H,3H2,1-2H3,(H,32,35)(H,37,38). The van der Waals surface area contributed by atoms with Crippen molar-refractivity contribution < 1.29 is 31.7 Å². The Bertz CT molecular complexity index is 2150. The molecule has 0 aliphatic carbocycles. The van der Waals surface area contributed by atoms with Crippen LogP contribution in [0.25, 0.3) is 11.0 Å². The number of fused-ring (bicyclic) bond motifs is 1.